The summed E-state index contributed by atoms with van der Waals surface area (Å²) in [5.41, 5.74) is 1.48. The number of aromatic nitrogens is 4. The predicted octanol–water partition coefficient (Wildman–Crippen LogP) is 2.74. The molecule has 0 bridgehead atoms. The summed E-state index contributed by atoms with van der Waals surface area (Å²) >= 11 is 5.29. The van der Waals surface area contributed by atoms with Gasteiger partial charge in [-0.2, -0.15) is 5.10 Å². The summed E-state index contributed by atoms with van der Waals surface area (Å²) in [4.78, 5) is 3.00. The fourth-order valence-electron chi connectivity index (χ4n) is 2.17. The number of H-pyrrole nitrogens is 1. The molecule has 2 heterocycles. The van der Waals surface area contributed by atoms with Crippen LogP contribution in [-0.2, 0) is 13.1 Å². The summed E-state index contributed by atoms with van der Waals surface area (Å²) in [6.45, 7) is 1.34. The van der Waals surface area contributed by atoms with Gasteiger partial charge >= 0.3 is 0 Å². The van der Waals surface area contributed by atoms with Crippen LogP contribution < -0.4 is 4.74 Å². The van der Waals surface area contributed by atoms with Crippen LogP contribution in [0.5, 0.6) is 5.75 Å². The second-order valence-electron chi connectivity index (χ2n) is 4.35. The minimum atomic E-state index is -0.407. The van der Waals surface area contributed by atoms with E-state index >= 15 is 0 Å². The van der Waals surface area contributed by atoms with E-state index in [0.29, 0.717) is 23.4 Å². The maximum absolute atomic E-state index is 13.7. The summed E-state index contributed by atoms with van der Waals surface area (Å²) in [5.74, 6) is -0.199. The molecule has 0 saturated carbocycles. The molecule has 20 heavy (non-hydrogen) atoms. The first-order valence-electron chi connectivity index (χ1n) is 6.12. The number of hydrogen-bond donors (Lipinski definition) is 1. The van der Waals surface area contributed by atoms with Gasteiger partial charge in [0.05, 0.1) is 24.7 Å². The van der Waals surface area contributed by atoms with Gasteiger partial charge in [0, 0.05) is 31.1 Å². The van der Waals surface area contributed by atoms with Crippen molar-refractivity contribution < 1.29 is 9.13 Å². The molecule has 104 valence electrons. The van der Waals surface area contributed by atoms with Crippen molar-refractivity contribution in [1.82, 2.24) is 19.3 Å². The number of halogens is 1. The van der Waals surface area contributed by atoms with Crippen LogP contribution in [0.15, 0.2) is 30.6 Å². The quantitative estimate of drug-likeness (QED) is 0.752. The van der Waals surface area contributed by atoms with Crippen LogP contribution >= 0.6 is 12.2 Å². The van der Waals surface area contributed by atoms with E-state index in [2.05, 4.69) is 10.1 Å². The average Bonchev–Trinajstić information content (AvgIpc) is 3.03. The fraction of sp³-hybridized carbons (Fsp3) is 0.231. The van der Waals surface area contributed by atoms with E-state index in [1.807, 2.05) is 21.5 Å². The second-order valence-corrected chi connectivity index (χ2v) is 4.74. The summed E-state index contributed by atoms with van der Waals surface area (Å²) in [6.07, 6.45) is 3.62. The van der Waals surface area contributed by atoms with Crippen molar-refractivity contribution in [3.05, 3.63) is 41.2 Å². The summed E-state index contributed by atoms with van der Waals surface area (Å²) < 4.78 is 23.0. The molecular weight excluding hydrogens is 279 g/mol. The van der Waals surface area contributed by atoms with E-state index in [1.165, 1.54) is 13.2 Å². The largest absolute Gasteiger partial charge is 0.494 e. The first kappa shape index (κ1) is 12.9. The Bertz CT molecular complexity index is 791. The van der Waals surface area contributed by atoms with Crippen LogP contribution in [0.2, 0.25) is 0 Å². The summed E-state index contributed by atoms with van der Waals surface area (Å²) in [7, 11) is 1.44. The highest BCUT2D eigenvalue weighted by atomic mass is 32.1. The smallest absolute Gasteiger partial charge is 0.178 e. The Morgan fingerprint density at radius 3 is 2.95 bits per heavy atom. The van der Waals surface area contributed by atoms with Crippen molar-refractivity contribution in [2.45, 2.75) is 13.1 Å². The van der Waals surface area contributed by atoms with Gasteiger partial charge in [0.25, 0.3) is 0 Å². The van der Waals surface area contributed by atoms with Crippen LogP contribution in [0.4, 0.5) is 4.39 Å². The number of rotatable bonds is 4. The lowest BCUT2D eigenvalue weighted by Gasteiger charge is -2.06. The molecule has 0 atom stereocenters. The third-order valence-corrected chi connectivity index (χ3v) is 3.48. The number of fused-ring (bicyclic) bond motifs is 1. The molecule has 2 aromatic heterocycles. The minimum Gasteiger partial charge on any atom is -0.494 e. The van der Waals surface area contributed by atoms with Crippen LogP contribution in [0, 0.1) is 10.6 Å². The van der Waals surface area contributed by atoms with Gasteiger partial charge < -0.3 is 14.3 Å². The lowest BCUT2D eigenvalue weighted by Crippen LogP contribution is -2.07. The molecule has 1 N–H and O–H groups in total. The fourth-order valence-corrected chi connectivity index (χ4v) is 2.47. The van der Waals surface area contributed by atoms with Gasteiger partial charge in [-0.15, -0.1) is 0 Å². The molecule has 0 aliphatic heterocycles. The maximum atomic E-state index is 13.7. The summed E-state index contributed by atoms with van der Waals surface area (Å²) in [5, 5.41) is 4.15. The lowest BCUT2D eigenvalue weighted by atomic mass is 10.3. The molecule has 0 amide bonds. The highest BCUT2D eigenvalue weighted by Crippen LogP contribution is 2.24. The Kier molecular flexibility index (Phi) is 3.27. The SMILES string of the molecule is COc1cc2c(cc1F)[nH]c(=S)n2CCn1cccn1. The zero-order valence-electron chi connectivity index (χ0n) is 10.8. The zero-order valence-corrected chi connectivity index (χ0v) is 11.7. The van der Waals surface area contributed by atoms with Gasteiger partial charge in [0.1, 0.15) is 0 Å². The number of imidazole rings is 1. The first-order valence-corrected chi connectivity index (χ1v) is 6.53. The van der Waals surface area contributed by atoms with Crippen LogP contribution in [-0.4, -0.2) is 26.4 Å². The molecule has 0 aliphatic rings. The third kappa shape index (κ3) is 2.20. The molecule has 0 spiro atoms. The Morgan fingerprint density at radius 1 is 1.40 bits per heavy atom. The first-order chi connectivity index (χ1) is 9.69. The van der Waals surface area contributed by atoms with Crippen molar-refractivity contribution in [3.63, 3.8) is 0 Å². The topological polar surface area (TPSA) is 47.8 Å². The molecule has 0 saturated heterocycles. The number of hydrogen-bond acceptors (Lipinski definition) is 3. The number of aromatic amines is 1. The van der Waals surface area contributed by atoms with Crippen LogP contribution in [0.25, 0.3) is 11.0 Å². The standard InChI is InChI=1S/C13H13FN4OS/c1-19-12-8-11-10(7-9(12)14)16-13(20)18(11)6-5-17-4-2-3-15-17/h2-4,7-8H,5-6H2,1H3,(H,16,20). The van der Waals surface area contributed by atoms with Gasteiger partial charge in [0.15, 0.2) is 16.3 Å². The molecule has 0 unspecified atom stereocenters. The number of nitrogens with zero attached hydrogens (tertiary/aromatic N) is 3. The Balaban J connectivity index is 2.01. The Labute approximate surface area is 119 Å². The zero-order chi connectivity index (χ0) is 14.1. The van der Waals surface area contributed by atoms with Crippen molar-refractivity contribution in [2.75, 3.05) is 7.11 Å². The number of benzene rings is 1. The highest BCUT2D eigenvalue weighted by Gasteiger charge is 2.10. The normalized spacial score (nSPS) is 11.1. The van der Waals surface area contributed by atoms with Gasteiger partial charge in [-0.05, 0) is 18.3 Å². The maximum Gasteiger partial charge on any atom is 0.178 e. The van der Waals surface area contributed by atoms with E-state index < -0.39 is 5.82 Å². The second kappa shape index (κ2) is 5.09. The van der Waals surface area contributed by atoms with Crippen molar-refractivity contribution in [2.24, 2.45) is 0 Å². The summed E-state index contributed by atoms with van der Waals surface area (Å²) in [6, 6.07) is 4.92. The number of aryl methyl sites for hydroxylation is 2. The van der Waals surface area contributed by atoms with Gasteiger partial charge in [-0.1, -0.05) is 0 Å². The molecule has 3 aromatic rings. The van der Waals surface area contributed by atoms with E-state index in [0.717, 1.165) is 5.52 Å². The predicted molar refractivity (Wildman–Crippen MR) is 75.9 cm³/mol. The van der Waals surface area contributed by atoms with E-state index in [1.54, 1.807) is 12.3 Å². The van der Waals surface area contributed by atoms with Crippen molar-refractivity contribution >= 4 is 23.3 Å². The molecule has 3 rings (SSSR count). The number of nitrogens with one attached hydrogen (secondary N) is 1. The average molecular weight is 292 g/mol. The lowest BCUT2D eigenvalue weighted by molar-refractivity contribution is 0.387. The van der Waals surface area contributed by atoms with Gasteiger partial charge in [-0.3, -0.25) is 4.68 Å². The van der Waals surface area contributed by atoms with E-state index in [4.69, 9.17) is 17.0 Å². The molecule has 1 aromatic carbocycles. The molecule has 0 radical (unpaired) electrons. The number of methoxy groups -OCH3 is 1. The molecule has 0 fully saturated rings. The molecule has 0 aliphatic carbocycles. The Morgan fingerprint density at radius 2 is 2.25 bits per heavy atom. The Hall–Kier alpha value is -2.15. The van der Waals surface area contributed by atoms with Crippen LogP contribution in [0.3, 0.4) is 0 Å². The monoisotopic (exact) mass is 292 g/mol. The highest BCUT2D eigenvalue weighted by molar-refractivity contribution is 7.71. The van der Waals surface area contributed by atoms with E-state index in [9.17, 15) is 4.39 Å². The van der Waals surface area contributed by atoms with Crippen molar-refractivity contribution in [1.29, 1.82) is 0 Å². The van der Waals surface area contributed by atoms with Gasteiger partial charge in [-0.25, -0.2) is 4.39 Å². The van der Waals surface area contributed by atoms with Crippen LogP contribution in [0.1, 0.15) is 0 Å². The minimum absolute atomic E-state index is 0.208. The van der Waals surface area contributed by atoms with Crippen molar-refractivity contribution in [3.8, 4) is 5.75 Å². The third-order valence-electron chi connectivity index (χ3n) is 3.16. The van der Waals surface area contributed by atoms with Gasteiger partial charge in [0.2, 0.25) is 0 Å². The number of ether oxygens (including phenoxy) is 1. The molecule has 7 heteroatoms. The molecular formula is C13H13FN4OS. The van der Waals surface area contributed by atoms with E-state index in [-0.39, 0.29) is 5.75 Å². The molecule has 5 nitrogen and oxygen atoms in total.